The van der Waals surface area contributed by atoms with Gasteiger partial charge in [0, 0.05) is 24.6 Å². The third-order valence-electron chi connectivity index (χ3n) is 3.67. The highest BCUT2D eigenvalue weighted by molar-refractivity contribution is 7.10. The number of ether oxygens (including phenoxy) is 1. The monoisotopic (exact) mass is 265 g/mol. The Kier molecular flexibility index (Phi) is 3.66. The highest BCUT2D eigenvalue weighted by atomic mass is 32.1. The SMILES string of the molecule is O=C(Cc1cccs1)N1CC[C@@H](OCC2CC2)C1. The predicted octanol–water partition coefficient (Wildman–Crippen LogP) is 2.32. The van der Waals surface area contributed by atoms with Crippen molar-refractivity contribution in [2.45, 2.75) is 31.8 Å². The molecule has 2 aliphatic rings. The average Bonchev–Trinajstić information content (AvgIpc) is 2.88. The van der Waals surface area contributed by atoms with Crippen LogP contribution in [0.2, 0.25) is 0 Å². The van der Waals surface area contributed by atoms with Crippen molar-refractivity contribution in [1.82, 2.24) is 4.90 Å². The Labute approximate surface area is 112 Å². The number of likely N-dealkylation sites (tertiary alicyclic amines) is 1. The van der Waals surface area contributed by atoms with E-state index in [0.29, 0.717) is 6.42 Å². The van der Waals surface area contributed by atoms with Crippen LogP contribution in [0.5, 0.6) is 0 Å². The summed E-state index contributed by atoms with van der Waals surface area (Å²) in [5.41, 5.74) is 0. The minimum absolute atomic E-state index is 0.245. The van der Waals surface area contributed by atoms with E-state index in [2.05, 4.69) is 0 Å². The van der Waals surface area contributed by atoms with Crippen LogP contribution >= 0.6 is 11.3 Å². The molecule has 1 saturated heterocycles. The maximum Gasteiger partial charge on any atom is 0.227 e. The molecule has 0 unspecified atom stereocenters. The van der Waals surface area contributed by atoms with Gasteiger partial charge in [-0.15, -0.1) is 11.3 Å². The van der Waals surface area contributed by atoms with E-state index in [-0.39, 0.29) is 12.0 Å². The van der Waals surface area contributed by atoms with Crippen LogP contribution in [0.3, 0.4) is 0 Å². The molecule has 1 aliphatic carbocycles. The van der Waals surface area contributed by atoms with Gasteiger partial charge in [-0.3, -0.25) is 4.79 Å². The van der Waals surface area contributed by atoms with Crippen LogP contribution in [0.1, 0.15) is 24.1 Å². The molecule has 1 aromatic rings. The fourth-order valence-corrected chi connectivity index (χ4v) is 3.02. The summed E-state index contributed by atoms with van der Waals surface area (Å²) >= 11 is 1.65. The van der Waals surface area contributed by atoms with Crippen molar-refractivity contribution < 1.29 is 9.53 Å². The second kappa shape index (κ2) is 5.41. The van der Waals surface area contributed by atoms with Crippen molar-refractivity contribution in [3.63, 3.8) is 0 Å². The number of carbonyl (C=O) groups is 1. The molecule has 1 atom stereocenters. The Hall–Kier alpha value is -0.870. The van der Waals surface area contributed by atoms with Crippen LogP contribution in [0.25, 0.3) is 0 Å². The lowest BCUT2D eigenvalue weighted by molar-refractivity contribution is -0.129. The van der Waals surface area contributed by atoms with Crippen LogP contribution in [0.15, 0.2) is 17.5 Å². The van der Waals surface area contributed by atoms with Gasteiger partial charge in [-0.25, -0.2) is 0 Å². The molecule has 98 valence electrons. The summed E-state index contributed by atoms with van der Waals surface area (Å²) < 4.78 is 5.85. The number of hydrogen-bond donors (Lipinski definition) is 0. The Morgan fingerprint density at radius 3 is 3.06 bits per heavy atom. The fourth-order valence-electron chi connectivity index (χ4n) is 2.32. The predicted molar refractivity (Wildman–Crippen MR) is 71.7 cm³/mol. The zero-order chi connectivity index (χ0) is 12.4. The van der Waals surface area contributed by atoms with Gasteiger partial charge < -0.3 is 9.64 Å². The Morgan fingerprint density at radius 2 is 2.33 bits per heavy atom. The van der Waals surface area contributed by atoms with Gasteiger partial charge in [0.1, 0.15) is 0 Å². The summed E-state index contributed by atoms with van der Waals surface area (Å²) in [6.45, 7) is 2.55. The summed E-state index contributed by atoms with van der Waals surface area (Å²) in [7, 11) is 0. The summed E-state index contributed by atoms with van der Waals surface area (Å²) in [5, 5.41) is 2.02. The van der Waals surface area contributed by atoms with E-state index in [1.165, 1.54) is 12.8 Å². The Morgan fingerprint density at radius 1 is 1.44 bits per heavy atom. The van der Waals surface area contributed by atoms with Crippen molar-refractivity contribution in [1.29, 1.82) is 0 Å². The lowest BCUT2D eigenvalue weighted by Crippen LogP contribution is -2.31. The van der Waals surface area contributed by atoms with Gasteiger partial charge >= 0.3 is 0 Å². The number of nitrogens with zero attached hydrogens (tertiary/aromatic N) is 1. The number of carbonyl (C=O) groups excluding carboxylic acids is 1. The topological polar surface area (TPSA) is 29.5 Å². The van der Waals surface area contributed by atoms with Crippen LogP contribution < -0.4 is 0 Å². The van der Waals surface area contributed by atoms with Crippen molar-refractivity contribution in [3.8, 4) is 0 Å². The van der Waals surface area contributed by atoms with Crippen molar-refractivity contribution >= 4 is 17.2 Å². The molecule has 1 aromatic heterocycles. The molecule has 4 heteroatoms. The molecule has 2 fully saturated rings. The molecule has 0 N–H and O–H groups in total. The lowest BCUT2D eigenvalue weighted by Gasteiger charge is -2.16. The zero-order valence-corrected chi connectivity index (χ0v) is 11.3. The van der Waals surface area contributed by atoms with E-state index in [0.717, 1.165) is 36.9 Å². The van der Waals surface area contributed by atoms with E-state index in [9.17, 15) is 4.79 Å². The molecular weight excluding hydrogens is 246 g/mol. The third-order valence-corrected chi connectivity index (χ3v) is 4.54. The third kappa shape index (κ3) is 3.12. The minimum atomic E-state index is 0.245. The standard InChI is InChI=1S/C14H19NO2S/c16-14(8-13-2-1-7-18-13)15-6-5-12(9-15)17-10-11-3-4-11/h1-2,7,11-12H,3-6,8-10H2/t12-/m1/s1. The molecule has 0 aromatic carbocycles. The second-order valence-electron chi connectivity index (χ2n) is 5.28. The largest absolute Gasteiger partial charge is 0.376 e. The summed E-state index contributed by atoms with van der Waals surface area (Å²) in [6.07, 6.45) is 4.48. The van der Waals surface area contributed by atoms with Crippen molar-refractivity contribution in [2.75, 3.05) is 19.7 Å². The Balaban J connectivity index is 1.44. The van der Waals surface area contributed by atoms with Crippen molar-refractivity contribution in [2.24, 2.45) is 5.92 Å². The van der Waals surface area contributed by atoms with Crippen LogP contribution in [-0.4, -0.2) is 36.6 Å². The van der Waals surface area contributed by atoms with Gasteiger partial charge in [0.15, 0.2) is 0 Å². The summed E-state index contributed by atoms with van der Waals surface area (Å²) in [4.78, 5) is 15.2. The first-order valence-electron chi connectivity index (χ1n) is 6.73. The highest BCUT2D eigenvalue weighted by Gasteiger charge is 2.29. The first kappa shape index (κ1) is 12.2. The Bertz CT molecular complexity index is 400. The first-order chi connectivity index (χ1) is 8.81. The van der Waals surface area contributed by atoms with E-state index in [1.807, 2.05) is 22.4 Å². The number of hydrogen-bond acceptors (Lipinski definition) is 3. The zero-order valence-electron chi connectivity index (χ0n) is 10.5. The molecule has 1 saturated carbocycles. The molecule has 2 heterocycles. The highest BCUT2D eigenvalue weighted by Crippen LogP contribution is 2.30. The second-order valence-corrected chi connectivity index (χ2v) is 6.32. The summed E-state index contributed by atoms with van der Waals surface area (Å²) in [5.74, 6) is 1.05. The molecule has 1 amide bonds. The van der Waals surface area contributed by atoms with Gasteiger partial charge in [-0.2, -0.15) is 0 Å². The maximum absolute atomic E-state index is 12.1. The van der Waals surface area contributed by atoms with E-state index in [4.69, 9.17) is 4.74 Å². The van der Waals surface area contributed by atoms with E-state index in [1.54, 1.807) is 11.3 Å². The summed E-state index contributed by atoms with van der Waals surface area (Å²) in [6, 6.07) is 4.03. The van der Waals surface area contributed by atoms with Gasteiger partial charge in [-0.05, 0) is 36.6 Å². The normalized spacial score (nSPS) is 23.6. The molecule has 3 nitrogen and oxygen atoms in total. The number of rotatable bonds is 5. The number of amides is 1. The minimum Gasteiger partial charge on any atom is -0.376 e. The molecule has 0 spiro atoms. The van der Waals surface area contributed by atoms with E-state index >= 15 is 0 Å². The van der Waals surface area contributed by atoms with Crippen molar-refractivity contribution in [3.05, 3.63) is 22.4 Å². The number of thiophene rings is 1. The van der Waals surface area contributed by atoms with Crippen LogP contribution in [-0.2, 0) is 16.0 Å². The first-order valence-corrected chi connectivity index (χ1v) is 7.61. The van der Waals surface area contributed by atoms with Crippen LogP contribution in [0, 0.1) is 5.92 Å². The molecule has 0 bridgehead atoms. The molecule has 3 rings (SSSR count). The molecular formula is C14H19NO2S. The van der Waals surface area contributed by atoms with E-state index < -0.39 is 0 Å². The molecule has 1 aliphatic heterocycles. The van der Waals surface area contributed by atoms with Gasteiger partial charge in [0.25, 0.3) is 0 Å². The average molecular weight is 265 g/mol. The lowest BCUT2D eigenvalue weighted by atomic mass is 10.3. The molecule has 18 heavy (non-hydrogen) atoms. The fraction of sp³-hybridized carbons (Fsp3) is 0.643. The van der Waals surface area contributed by atoms with Gasteiger partial charge in [0.05, 0.1) is 12.5 Å². The molecule has 0 radical (unpaired) electrons. The van der Waals surface area contributed by atoms with Gasteiger partial charge in [0.2, 0.25) is 5.91 Å². The smallest absolute Gasteiger partial charge is 0.227 e. The van der Waals surface area contributed by atoms with Crippen LogP contribution in [0.4, 0.5) is 0 Å². The quantitative estimate of drug-likeness (QED) is 0.817. The van der Waals surface area contributed by atoms with Gasteiger partial charge in [-0.1, -0.05) is 6.07 Å². The maximum atomic E-state index is 12.1.